The number of hydrogen-bond donors (Lipinski definition) is 2. The van der Waals surface area contributed by atoms with Crippen LogP contribution in [-0.2, 0) is 11.3 Å². The summed E-state index contributed by atoms with van der Waals surface area (Å²) in [6, 6.07) is 13.0. The van der Waals surface area contributed by atoms with E-state index in [4.69, 9.17) is 5.73 Å². The van der Waals surface area contributed by atoms with Crippen molar-refractivity contribution >= 4 is 22.7 Å². The minimum Gasteiger partial charge on any atom is -0.368 e. The number of carbonyl (C=O) groups excluding carboxylic acids is 2. The van der Waals surface area contributed by atoms with E-state index in [-0.39, 0.29) is 17.6 Å². The van der Waals surface area contributed by atoms with Gasteiger partial charge in [-0.2, -0.15) is 0 Å². The van der Waals surface area contributed by atoms with E-state index in [1.165, 1.54) is 12.1 Å². The molecule has 0 radical (unpaired) electrons. The van der Waals surface area contributed by atoms with E-state index in [1.807, 2.05) is 42.7 Å². The first-order valence-corrected chi connectivity index (χ1v) is 8.79. The molecule has 6 heteroatoms. The van der Waals surface area contributed by atoms with Crippen molar-refractivity contribution in [1.82, 2.24) is 9.88 Å². The molecule has 2 amide bonds. The van der Waals surface area contributed by atoms with Crippen LogP contribution in [0.1, 0.15) is 29.8 Å². The van der Waals surface area contributed by atoms with Gasteiger partial charge in [-0.1, -0.05) is 44.2 Å². The Kier molecular flexibility index (Phi) is 5.26. The number of carbonyl (C=O) groups is 2. The molecule has 140 valence electrons. The standard InChI is InChI=1S/C21H22FN3O2/c1-13(2)19(20(23)26)24-21(27)17-12-25(18-6-4-3-5-16(17)18)11-14-7-9-15(22)10-8-14/h3-10,12-13,19H,11H2,1-2H3,(H2,23,26)(H,24,27). The number of para-hydroxylation sites is 1. The van der Waals surface area contributed by atoms with Crippen LogP contribution >= 0.6 is 0 Å². The van der Waals surface area contributed by atoms with Crippen LogP contribution in [0.15, 0.2) is 54.7 Å². The molecule has 3 N–H and O–H groups in total. The monoisotopic (exact) mass is 367 g/mol. The first-order chi connectivity index (χ1) is 12.9. The number of nitrogens with zero attached hydrogens (tertiary/aromatic N) is 1. The average Bonchev–Trinajstić information content (AvgIpc) is 3.00. The Balaban J connectivity index is 1.95. The molecule has 0 spiro atoms. The molecule has 2 aromatic carbocycles. The number of nitrogens with two attached hydrogens (primary N) is 1. The summed E-state index contributed by atoms with van der Waals surface area (Å²) in [6.07, 6.45) is 1.75. The zero-order valence-corrected chi connectivity index (χ0v) is 15.3. The van der Waals surface area contributed by atoms with Crippen LogP contribution in [0.3, 0.4) is 0 Å². The molecule has 0 bridgehead atoms. The first-order valence-electron chi connectivity index (χ1n) is 8.79. The lowest BCUT2D eigenvalue weighted by atomic mass is 10.0. The smallest absolute Gasteiger partial charge is 0.254 e. The van der Waals surface area contributed by atoms with Crippen molar-refractivity contribution in [3.63, 3.8) is 0 Å². The summed E-state index contributed by atoms with van der Waals surface area (Å²) in [5, 5.41) is 3.51. The molecule has 1 heterocycles. The molecule has 1 aromatic heterocycles. The molecule has 0 aliphatic heterocycles. The zero-order valence-electron chi connectivity index (χ0n) is 15.3. The van der Waals surface area contributed by atoms with E-state index in [0.29, 0.717) is 12.1 Å². The van der Waals surface area contributed by atoms with Gasteiger partial charge in [-0.25, -0.2) is 4.39 Å². The van der Waals surface area contributed by atoms with Gasteiger partial charge in [0.1, 0.15) is 11.9 Å². The third kappa shape index (κ3) is 4.00. The molecule has 1 atom stereocenters. The summed E-state index contributed by atoms with van der Waals surface area (Å²) in [4.78, 5) is 24.4. The van der Waals surface area contributed by atoms with Crippen LogP contribution < -0.4 is 11.1 Å². The highest BCUT2D eigenvalue weighted by Gasteiger charge is 2.24. The molecule has 5 nitrogen and oxygen atoms in total. The molecule has 0 fully saturated rings. The molecular weight excluding hydrogens is 345 g/mol. The highest BCUT2D eigenvalue weighted by molar-refractivity contribution is 6.08. The predicted octanol–water partition coefficient (Wildman–Crippen LogP) is 3.07. The number of rotatable bonds is 6. The maximum Gasteiger partial charge on any atom is 0.254 e. The maximum atomic E-state index is 13.1. The maximum absolute atomic E-state index is 13.1. The van der Waals surface area contributed by atoms with Crippen molar-refractivity contribution in [3.8, 4) is 0 Å². The third-order valence-corrected chi connectivity index (χ3v) is 4.56. The summed E-state index contributed by atoms with van der Waals surface area (Å²) in [5.41, 5.74) is 7.68. The van der Waals surface area contributed by atoms with Crippen molar-refractivity contribution in [2.45, 2.75) is 26.4 Å². The Morgan fingerprint density at radius 1 is 1.11 bits per heavy atom. The topological polar surface area (TPSA) is 77.1 Å². The summed E-state index contributed by atoms with van der Waals surface area (Å²) in [5.74, 6) is -1.31. The average molecular weight is 367 g/mol. The number of hydrogen-bond acceptors (Lipinski definition) is 2. The van der Waals surface area contributed by atoms with Crippen molar-refractivity contribution in [2.75, 3.05) is 0 Å². The highest BCUT2D eigenvalue weighted by atomic mass is 19.1. The first kappa shape index (κ1) is 18.6. The number of aromatic nitrogens is 1. The fourth-order valence-electron chi connectivity index (χ4n) is 3.13. The molecule has 3 aromatic rings. The number of amides is 2. The number of fused-ring (bicyclic) bond motifs is 1. The van der Waals surface area contributed by atoms with Crippen LogP contribution in [0.4, 0.5) is 4.39 Å². The Bertz CT molecular complexity index is 977. The van der Waals surface area contributed by atoms with E-state index in [1.54, 1.807) is 18.3 Å². The second-order valence-corrected chi connectivity index (χ2v) is 6.91. The fourth-order valence-corrected chi connectivity index (χ4v) is 3.13. The van der Waals surface area contributed by atoms with E-state index >= 15 is 0 Å². The largest absolute Gasteiger partial charge is 0.368 e. The normalized spacial score (nSPS) is 12.3. The number of primary amides is 1. The van der Waals surface area contributed by atoms with Gasteiger partial charge in [0.15, 0.2) is 0 Å². The Hall–Kier alpha value is -3.15. The fraction of sp³-hybridized carbons (Fsp3) is 0.238. The molecule has 0 aliphatic rings. The summed E-state index contributed by atoms with van der Waals surface area (Å²) in [7, 11) is 0. The Morgan fingerprint density at radius 2 is 1.78 bits per heavy atom. The van der Waals surface area contributed by atoms with Crippen molar-refractivity contribution in [1.29, 1.82) is 0 Å². The molecule has 0 aliphatic carbocycles. The predicted molar refractivity (Wildman–Crippen MR) is 103 cm³/mol. The summed E-state index contributed by atoms with van der Waals surface area (Å²) in [6.45, 7) is 4.15. The van der Waals surface area contributed by atoms with Crippen LogP contribution in [0.5, 0.6) is 0 Å². The van der Waals surface area contributed by atoms with Crippen LogP contribution in [0.2, 0.25) is 0 Å². The number of nitrogens with one attached hydrogen (secondary N) is 1. The lowest BCUT2D eigenvalue weighted by Crippen LogP contribution is -2.47. The highest BCUT2D eigenvalue weighted by Crippen LogP contribution is 2.23. The summed E-state index contributed by atoms with van der Waals surface area (Å²) >= 11 is 0. The number of halogens is 1. The van der Waals surface area contributed by atoms with Gasteiger partial charge in [0.05, 0.1) is 5.56 Å². The molecule has 1 unspecified atom stereocenters. The van der Waals surface area contributed by atoms with Gasteiger partial charge in [0, 0.05) is 23.6 Å². The second-order valence-electron chi connectivity index (χ2n) is 6.91. The van der Waals surface area contributed by atoms with Crippen LogP contribution in [0, 0.1) is 11.7 Å². The zero-order chi connectivity index (χ0) is 19.6. The minimum absolute atomic E-state index is 0.112. The van der Waals surface area contributed by atoms with Gasteiger partial charge in [0.2, 0.25) is 5.91 Å². The summed E-state index contributed by atoms with van der Waals surface area (Å²) < 4.78 is 15.1. The van der Waals surface area contributed by atoms with Gasteiger partial charge < -0.3 is 15.6 Å². The molecule has 3 rings (SSSR count). The lowest BCUT2D eigenvalue weighted by Gasteiger charge is -2.18. The van der Waals surface area contributed by atoms with Crippen LogP contribution in [0.25, 0.3) is 10.9 Å². The van der Waals surface area contributed by atoms with E-state index in [9.17, 15) is 14.0 Å². The second kappa shape index (κ2) is 7.61. The quantitative estimate of drug-likeness (QED) is 0.702. The van der Waals surface area contributed by atoms with Crippen molar-refractivity contribution in [3.05, 3.63) is 71.7 Å². The van der Waals surface area contributed by atoms with Crippen molar-refractivity contribution < 1.29 is 14.0 Å². The van der Waals surface area contributed by atoms with Gasteiger partial charge in [-0.15, -0.1) is 0 Å². The number of benzene rings is 2. The molecule has 0 saturated carbocycles. The van der Waals surface area contributed by atoms with E-state index in [0.717, 1.165) is 16.5 Å². The van der Waals surface area contributed by atoms with Gasteiger partial charge in [-0.05, 0) is 29.7 Å². The van der Waals surface area contributed by atoms with Gasteiger partial charge in [0.25, 0.3) is 5.91 Å². The molecular formula is C21H22FN3O2. The van der Waals surface area contributed by atoms with E-state index < -0.39 is 11.9 Å². The third-order valence-electron chi connectivity index (χ3n) is 4.56. The Labute approximate surface area is 157 Å². The SMILES string of the molecule is CC(C)C(NC(=O)c1cn(Cc2ccc(F)cc2)c2ccccc12)C(N)=O. The van der Waals surface area contributed by atoms with E-state index in [2.05, 4.69) is 5.32 Å². The van der Waals surface area contributed by atoms with Crippen molar-refractivity contribution in [2.24, 2.45) is 11.7 Å². The Morgan fingerprint density at radius 3 is 2.41 bits per heavy atom. The van der Waals surface area contributed by atoms with Crippen LogP contribution in [-0.4, -0.2) is 22.4 Å². The van der Waals surface area contributed by atoms with Gasteiger partial charge in [-0.3, -0.25) is 9.59 Å². The minimum atomic E-state index is -0.739. The lowest BCUT2D eigenvalue weighted by molar-refractivity contribution is -0.120. The molecule has 27 heavy (non-hydrogen) atoms. The van der Waals surface area contributed by atoms with Gasteiger partial charge >= 0.3 is 0 Å². The molecule has 0 saturated heterocycles.